The Labute approximate surface area is 229 Å². The zero-order chi connectivity index (χ0) is 26.5. The lowest BCUT2D eigenvalue weighted by Crippen LogP contribution is -2.42. The van der Waals surface area contributed by atoms with Gasteiger partial charge in [-0.2, -0.15) is 0 Å². The van der Waals surface area contributed by atoms with Crippen molar-refractivity contribution < 1.29 is 0 Å². The average Bonchev–Trinajstić information content (AvgIpc) is 2.96. The molecule has 1 heteroatoms. The first-order valence-corrected chi connectivity index (χ1v) is 13.9. The summed E-state index contributed by atoms with van der Waals surface area (Å²) in [7, 11) is 0. The third-order valence-electron chi connectivity index (χ3n) is 8.16. The molecule has 1 nitrogen and oxygen atoms in total. The Bertz CT molecular complexity index is 1350. The second-order valence-electron chi connectivity index (χ2n) is 10.6. The minimum absolute atomic E-state index is 0.105. The van der Waals surface area contributed by atoms with Gasteiger partial charge < -0.3 is 4.90 Å². The largest absolute Gasteiger partial charge is 0.363 e. The fraction of sp³-hybridized carbons (Fsp3) is 0.243. The van der Waals surface area contributed by atoms with Gasteiger partial charge in [0.25, 0.3) is 0 Å². The Morgan fingerprint density at radius 1 is 0.789 bits per heavy atom. The van der Waals surface area contributed by atoms with Crippen molar-refractivity contribution in [3.8, 4) is 0 Å². The lowest BCUT2D eigenvalue weighted by atomic mass is 9.81. The molecule has 0 saturated heterocycles. The predicted molar refractivity (Wildman–Crippen MR) is 161 cm³/mol. The topological polar surface area (TPSA) is 3.24 Å². The second-order valence-corrected chi connectivity index (χ2v) is 10.6. The minimum Gasteiger partial charge on any atom is -0.363 e. The van der Waals surface area contributed by atoms with Crippen molar-refractivity contribution in [3.63, 3.8) is 0 Å². The summed E-state index contributed by atoms with van der Waals surface area (Å²) in [6.07, 6.45) is 4.20. The number of allylic oxidation sites excluding steroid dienone is 1. The highest BCUT2D eigenvalue weighted by molar-refractivity contribution is 5.47. The molecule has 0 N–H and O–H groups in total. The number of aryl methyl sites for hydroxylation is 2. The van der Waals surface area contributed by atoms with Gasteiger partial charge in [-0.15, -0.1) is 0 Å². The Morgan fingerprint density at radius 3 is 1.92 bits per heavy atom. The quantitative estimate of drug-likeness (QED) is 0.209. The van der Waals surface area contributed by atoms with E-state index < -0.39 is 0 Å². The summed E-state index contributed by atoms with van der Waals surface area (Å²) in [5.74, 6) is 0.105. The van der Waals surface area contributed by atoms with Crippen molar-refractivity contribution in [1.29, 1.82) is 0 Å². The lowest BCUT2D eigenvalue weighted by Gasteiger charge is -2.43. The van der Waals surface area contributed by atoms with Crippen LogP contribution in [0.25, 0.3) is 0 Å². The average molecular weight is 498 g/mol. The van der Waals surface area contributed by atoms with E-state index in [0.717, 1.165) is 37.9 Å². The van der Waals surface area contributed by atoms with Crippen LogP contribution >= 0.6 is 0 Å². The molecule has 0 bridgehead atoms. The molecule has 0 aromatic heterocycles. The molecule has 0 aliphatic carbocycles. The smallest absolute Gasteiger partial charge is 0.0538 e. The van der Waals surface area contributed by atoms with Crippen molar-refractivity contribution in [3.05, 3.63) is 167 Å². The van der Waals surface area contributed by atoms with E-state index in [1.54, 1.807) is 5.56 Å². The molecular formula is C37H39N. The molecule has 38 heavy (non-hydrogen) atoms. The van der Waals surface area contributed by atoms with Crippen LogP contribution in [-0.4, -0.2) is 10.9 Å². The van der Waals surface area contributed by atoms with Crippen LogP contribution in [0.2, 0.25) is 0 Å². The fourth-order valence-corrected chi connectivity index (χ4v) is 6.12. The molecule has 0 fully saturated rings. The first kappa shape index (κ1) is 25.8. The molecule has 4 aromatic carbocycles. The number of benzene rings is 4. The summed E-state index contributed by atoms with van der Waals surface area (Å²) in [5, 5.41) is 0. The van der Waals surface area contributed by atoms with Crippen LogP contribution in [0.3, 0.4) is 0 Å². The maximum Gasteiger partial charge on any atom is 0.0538 e. The van der Waals surface area contributed by atoms with Crippen LogP contribution in [0, 0.1) is 0 Å². The van der Waals surface area contributed by atoms with Crippen LogP contribution in [0.5, 0.6) is 0 Å². The van der Waals surface area contributed by atoms with Gasteiger partial charge in [0.05, 0.1) is 6.04 Å². The normalized spacial score (nSPS) is 14.8. The van der Waals surface area contributed by atoms with Gasteiger partial charge in [0, 0.05) is 18.2 Å². The molecule has 5 rings (SSSR count). The van der Waals surface area contributed by atoms with E-state index in [1.165, 1.54) is 39.0 Å². The third kappa shape index (κ3) is 5.38. The molecule has 192 valence electrons. The fourth-order valence-electron chi connectivity index (χ4n) is 6.12. The second kappa shape index (κ2) is 11.7. The van der Waals surface area contributed by atoms with E-state index in [-0.39, 0.29) is 12.0 Å². The van der Waals surface area contributed by atoms with Crippen molar-refractivity contribution in [2.24, 2.45) is 0 Å². The molecule has 4 aromatic rings. The summed E-state index contributed by atoms with van der Waals surface area (Å²) < 4.78 is 0. The molecular weight excluding hydrogens is 458 g/mol. The zero-order valence-electron chi connectivity index (χ0n) is 22.9. The van der Waals surface area contributed by atoms with Crippen LogP contribution in [-0.2, 0) is 32.2 Å². The SMILES string of the molecule is C=C(C)C1Cc2c(ccc(CC)c2CCc2ccccc2)CN1C(=C)C(c1ccccc1)c1ccccc1. The van der Waals surface area contributed by atoms with Gasteiger partial charge >= 0.3 is 0 Å². The van der Waals surface area contributed by atoms with Crippen molar-refractivity contribution in [2.45, 2.75) is 58.0 Å². The number of hydrogen-bond acceptors (Lipinski definition) is 1. The molecule has 1 atom stereocenters. The maximum absolute atomic E-state index is 4.75. The van der Waals surface area contributed by atoms with Crippen LogP contribution in [0.15, 0.2) is 128 Å². The Balaban J connectivity index is 1.52. The van der Waals surface area contributed by atoms with E-state index in [4.69, 9.17) is 6.58 Å². The molecule has 0 radical (unpaired) electrons. The van der Waals surface area contributed by atoms with E-state index in [0.29, 0.717) is 0 Å². The third-order valence-corrected chi connectivity index (χ3v) is 8.16. The molecule has 0 saturated carbocycles. The molecule has 1 aliphatic rings. The summed E-state index contributed by atoms with van der Waals surface area (Å²) in [5.41, 5.74) is 12.3. The highest BCUT2D eigenvalue weighted by atomic mass is 15.2. The molecule has 0 amide bonds. The standard InChI is InChI=1S/C37H39N/c1-5-30-22-23-33-26-38(28(4)37(31-17-11-7-12-18-31)32-19-13-8-14-20-32)36(27(2)3)25-35(33)34(30)24-21-29-15-9-6-10-16-29/h6-20,22-23,36-37H,2,4-5,21,24-26H2,1,3H3. The first-order valence-electron chi connectivity index (χ1n) is 13.9. The van der Waals surface area contributed by atoms with Crippen LogP contribution in [0.4, 0.5) is 0 Å². The highest BCUT2D eigenvalue weighted by Crippen LogP contribution is 2.39. The van der Waals surface area contributed by atoms with Crippen molar-refractivity contribution >= 4 is 0 Å². The van der Waals surface area contributed by atoms with E-state index in [1.807, 2.05) is 0 Å². The van der Waals surface area contributed by atoms with Gasteiger partial charge in [0.2, 0.25) is 0 Å². The van der Waals surface area contributed by atoms with Gasteiger partial charge in [-0.25, -0.2) is 0 Å². The Hall–Kier alpha value is -3.84. The molecule has 0 spiro atoms. The maximum atomic E-state index is 4.75. The lowest BCUT2D eigenvalue weighted by molar-refractivity contribution is 0.243. The summed E-state index contributed by atoms with van der Waals surface area (Å²) in [4.78, 5) is 2.53. The van der Waals surface area contributed by atoms with Crippen molar-refractivity contribution in [2.75, 3.05) is 0 Å². The van der Waals surface area contributed by atoms with Crippen molar-refractivity contribution in [1.82, 2.24) is 4.90 Å². The molecule has 1 aliphatic heterocycles. The molecule has 1 heterocycles. The zero-order valence-corrected chi connectivity index (χ0v) is 22.9. The van der Waals surface area contributed by atoms with E-state index in [9.17, 15) is 0 Å². The predicted octanol–water partition coefficient (Wildman–Crippen LogP) is 8.68. The minimum atomic E-state index is 0.105. The van der Waals surface area contributed by atoms with E-state index >= 15 is 0 Å². The Morgan fingerprint density at radius 2 is 1.37 bits per heavy atom. The van der Waals surface area contributed by atoms with Gasteiger partial charge in [-0.05, 0) is 71.6 Å². The van der Waals surface area contributed by atoms with Gasteiger partial charge in [0.1, 0.15) is 0 Å². The number of fused-ring (bicyclic) bond motifs is 1. The first-order chi connectivity index (χ1) is 18.6. The summed E-state index contributed by atoms with van der Waals surface area (Å²) in [6.45, 7) is 14.6. The highest BCUT2D eigenvalue weighted by Gasteiger charge is 2.33. The number of rotatable bonds is 9. The monoisotopic (exact) mass is 497 g/mol. The Kier molecular flexibility index (Phi) is 7.94. The number of nitrogens with zero attached hydrogens (tertiary/aromatic N) is 1. The number of hydrogen-bond donors (Lipinski definition) is 0. The summed E-state index contributed by atoms with van der Waals surface area (Å²) >= 11 is 0. The van der Waals surface area contributed by atoms with Gasteiger partial charge in [-0.1, -0.05) is 129 Å². The summed E-state index contributed by atoms with van der Waals surface area (Å²) in [6, 6.07) is 37.5. The van der Waals surface area contributed by atoms with Crippen LogP contribution < -0.4 is 0 Å². The molecule has 1 unspecified atom stereocenters. The van der Waals surface area contributed by atoms with Gasteiger partial charge in [-0.3, -0.25) is 0 Å². The van der Waals surface area contributed by atoms with E-state index in [2.05, 4.69) is 128 Å². The van der Waals surface area contributed by atoms with Gasteiger partial charge in [0.15, 0.2) is 0 Å². The van der Waals surface area contributed by atoms with Crippen LogP contribution in [0.1, 0.15) is 58.7 Å².